The van der Waals surface area contributed by atoms with Gasteiger partial charge in [-0.25, -0.2) is 8.42 Å². The van der Waals surface area contributed by atoms with Crippen LogP contribution in [0.25, 0.3) is 0 Å². The molecular weight excluding hydrogens is 368 g/mol. The number of sulfonamides is 1. The molecule has 0 atom stereocenters. The average molecular weight is 390 g/mol. The summed E-state index contributed by atoms with van der Waals surface area (Å²) in [4.78, 5) is 13.6. The van der Waals surface area contributed by atoms with Gasteiger partial charge in [0.25, 0.3) is 10.0 Å². The summed E-state index contributed by atoms with van der Waals surface area (Å²) in [5.41, 5.74) is 1.15. The fraction of sp³-hybridized carbons (Fsp3) is 0.316. The largest absolute Gasteiger partial charge is 0.497 e. The van der Waals surface area contributed by atoms with Crippen LogP contribution in [0.2, 0.25) is 0 Å². The van der Waals surface area contributed by atoms with Crippen LogP contribution in [0.1, 0.15) is 19.8 Å². The molecule has 0 radical (unpaired) electrons. The summed E-state index contributed by atoms with van der Waals surface area (Å²) in [5.74, 6) is 0.608. The maximum atomic E-state index is 12.8. The third kappa shape index (κ3) is 4.16. The predicted molar refractivity (Wildman–Crippen MR) is 103 cm³/mol. The predicted octanol–water partition coefficient (Wildman–Crippen LogP) is 3.02. The van der Waals surface area contributed by atoms with E-state index in [9.17, 15) is 13.2 Å². The molecular formula is C19H22N2O5S. The summed E-state index contributed by atoms with van der Waals surface area (Å²) in [6, 6.07) is 11.6. The molecule has 1 saturated carbocycles. The molecule has 0 spiro atoms. The van der Waals surface area contributed by atoms with Crippen molar-refractivity contribution in [2.45, 2.75) is 30.7 Å². The number of methoxy groups -OCH3 is 2. The number of carbonyl (C=O) groups excluding carboxylic acids is 1. The van der Waals surface area contributed by atoms with Crippen molar-refractivity contribution in [3.8, 4) is 11.5 Å². The van der Waals surface area contributed by atoms with Gasteiger partial charge in [-0.1, -0.05) is 0 Å². The van der Waals surface area contributed by atoms with Crippen LogP contribution in [0.4, 0.5) is 11.4 Å². The molecule has 1 fully saturated rings. The summed E-state index contributed by atoms with van der Waals surface area (Å²) >= 11 is 0. The number of carbonyl (C=O) groups is 1. The maximum absolute atomic E-state index is 12.8. The Hall–Kier alpha value is -2.74. The van der Waals surface area contributed by atoms with Gasteiger partial charge in [-0.3, -0.25) is 9.52 Å². The molecule has 0 bridgehead atoms. The van der Waals surface area contributed by atoms with Crippen LogP contribution >= 0.6 is 0 Å². The molecule has 7 nitrogen and oxygen atoms in total. The Morgan fingerprint density at radius 3 is 2.26 bits per heavy atom. The highest BCUT2D eigenvalue weighted by atomic mass is 32.2. The van der Waals surface area contributed by atoms with E-state index in [1.807, 2.05) is 0 Å². The minimum absolute atomic E-state index is 0.0169. The highest BCUT2D eigenvalue weighted by Gasteiger charge is 2.32. The fourth-order valence-corrected chi connectivity index (χ4v) is 4.12. The van der Waals surface area contributed by atoms with Gasteiger partial charge in [0.1, 0.15) is 16.4 Å². The lowest BCUT2D eigenvalue weighted by Gasteiger charge is -2.21. The zero-order chi connectivity index (χ0) is 19.6. The molecule has 1 aliphatic rings. The molecule has 0 aromatic heterocycles. The first-order chi connectivity index (χ1) is 12.9. The molecule has 0 heterocycles. The van der Waals surface area contributed by atoms with Crippen molar-refractivity contribution < 1.29 is 22.7 Å². The molecule has 3 rings (SSSR count). The van der Waals surface area contributed by atoms with Crippen molar-refractivity contribution in [3.63, 3.8) is 0 Å². The lowest BCUT2D eigenvalue weighted by molar-refractivity contribution is -0.116. The van der Waals surface area contributed by atoms with E-state index >= 15 is 0 Å². The molecule has 1 aliphatic carbocycles. The molecule has 8 heteroatoms. The summed E-state index contributed by atoms with van der Waals surface area (Å²) in [6.07, 6.45) is 1.98. The van der Waals surface area contributed by atoms with Gasteiger partial charge in [0.15, 0.2) is 0 Å². The summed E-state index contributed by atoms with van der Waals surface area (Å²) in [6.45, 7) is 1.53. The SMILES string of the molecule is COc1ccc(OC)c(S(=O)(=O)Nc2ccc(N(C(C)=O)C3CC3)cc2)c1. The van der Waals surface area contributed by atoms with Crippen molar-refractivity contribution in [3.05, 3.63) is 42.5 Å². The molecule has 0 unspecified atom stereocenters. The van der Waals surface area contributed by atoms with E-state index in [0.717, 1.165) is 18.5 Å². The van der Waals surface area contributed by atoms with Gasteiger partial charge in [0.05, 0.1) is 14.2 Å². The van der Waals surface area contributed by atoms with E-state index in [0.29, 0.717) is 11.4 Å². The van der Waals surface area contributed by atoms with Crippen molar-refractivity contribution in [1.29, 1.82) is 0 Å². The highest BCUT2D eigenvalue weighted by molar-refractivity contribution is 7.92. The Morgan fingerprint density at radius 1 is 1.07 bits per heavy atom. The number of hydrogen-bond acceptors (Lipinski definition) is 5. The molecule has 1 N–H and O–H groups in total. The van der Waals surface area contributed by atoms with Gasteiger partial charge < -0.3 is 14.4 Å². The van der Waals surface area contributed by atoms with Crippen molar-refractivity contribution >= 4 is 27.3 Å². The third-order valence-corrected chi connectivity index (χ3v) is 5.71. The van der Waals surface area contributed by atoms with Crippen LogP contribution in [-0.2, 0) is 14.8 Å². The highest BCUT2D eigenvalue weighted by Crippen LogP contribution is 2.33. The molecule has 2 aromatic carbocycles. The number of rotatable bonds is 7. The van der Waals surface area contributed by atoms with Crippen LogP contribution in [-0.4, -0.2) is 34.6 Å². The van der Waals surface area contributed by atoms with E-state index in [4.69, 9.17) is 9.47 Å². The maximum Gasteiger partial charge on any atom is 0.265 e. The molecule has 144 valence electrons. The minimum atomic E-state index is -3.88. The van der Waals surface area contributed by atoms with Crippen molar-refractivity contribution in [1.82, 2.24) is 0 Å². The van der Waals surface area contributed by atoms with Gasteiger partial charge in [0.2, 0.25) is 5.91 Å². The topological polar surface area (TPSA) is 84.9 Å². The van der Waals surface area contributed by atoms with E-state index in [2.05, 4.69) is 4.72 Å². The Kier molecular flexibility index (Phi) is 5.27. The standard InChI is InChI=1S/C19H22N2O5S/c1-13(22)21(16-8-9-16)15-6-4-14(5-7-15)20-27(23,24)19-12-17(25-2)10-11-18(19)26-3/h4-7,10-12,16,20H,8-9H2,1-3H3. The van der Waals surface area contributed by atoms with E-state index < -0.39 is 10.0 Å². The smallest absolute Gasteiger partial charge is 0.265 e. The first-order valence-corrected chi connectivity index (χ1v) is 9.98. The first kappa shape index (κ1) is 19.0. The average Bonchev–Trinajstić information content (AvgIpc) is 3.47. The van der Waals surface area contributed by atoms with Crippen molar-refractivity contribution in [2.75, 3.05) is 23.8 Å². The Morgan fingerprint density at radius 2 is 1.74 bits per heavy atom. The van der Waals surface area contributed by atoms with Crippen molar-refractivity contribution in [2.24, 2.45) is 0 Å². The molecule has 27 heavy (non-hydrogen) atoms. The minimum Gasteiger partial charge on any atom is -0.497 e. The molecule has 1 amide bonds. The second-order valence-electron chi connectivity index (χ2n) is 6.29. The molecule has 0 saturated heterocycles. The van der Waals surface area contributed by atoms with Gasteiger partial charge in [0, 0.05) is 30.4 Å². The van der Waals surface area contributed by atoms with Crippen LogP contribution in [0.15, 0.2) is 47.4 Å². The fourth-order valence-electron chi connectivity index (χ4n) is 2.88. The van der Waals surface area contributed by atoms with Crippen LogP contribution in [0.3, 0.4) is 0 Å². The second kappa shape index (κ2) is 7.48. The third-order valence-electron chi connectivity index (χ3n) is 4.31. The number of nitrogens with zero attached hydrogens (tertiary/aromatic N) is 1. The number of hydrogen-bond donors (Lipinski definition) is 1. The zero-order valence-electron chi connectivity index (χ0n) is 15.4. The normalized spacial score (nSPS) is 13.7. The monoisotopic (exact) mass is 390 g/mol. The summed E-state index contributed by atoms with van der Waals surface area (Å²) in [7, 11) is -1.01. The quantitative estimate of drug-likeness (QED) is 0.786. The number of nitrogens with one attached hydrogen (secondary N) is 1. The number of anilines is 2. The second-order valence-corrected chi connectivity index (χ2v) is 7.94. The van der Waals surface area contributed by atoms with Gasteiger partial charge in [-0.2, -0.15) is 0 Å². The number of benzene rings is 2. The van der Waals surface area contributed by atoms with Gasteiger partial charge in [-0.05, 0) is 49.2 Å². The lowest BCUT2D eigenvalue weighted by atomic mass is 10.2. The Bertz CT molecular complexity index is 937. The van der Waals surface area contributed by atoms with E-state index in [-0.39, 0.29) is 22.6 Å². The van der Waals surface area contributed by atoms with Gasteiger partial charge in [-0.15, -0.1) is 0 Å². The molecule has 2 aromatic rings. The van der Waals surface area contributed by atoms with Gasteiger partial charge >= 0.3 is 0 Å². The van der Waals surface area contributed by atoms with E-state index in [1.165, 1.54) is 33.3 Å². The summed E-state index contributed by atoms with van der Waals surface area (Å²) in [5, 5.41) is 0. The lowest BCUT2D eigenvalue weighted by Crippen LogP contribution is -2.30. The number of amides is 1. The van der Waals surface area contributed by atoms with E-state index in [1.54, 1.807) is 35.2 Å². The first-order valence-electron chi connectivity index (χ1n) is 8.50. The zero-order valence-corrected chi connectivity index (χ0v) is 16.2. The summed E-state index contributed by atoms with van der Waals surface area (Å²) < 4.78 is 38.4. The number of ether oxygens (including phenoxy) is 2. The Labute approximate surface area is 158 Å². The molecule has 0 aliphatic heterocycles. The van der Waals surface area contributed by atoms with Crippen LogP contribution in [0, 0.1) is 0 Å². The Balaban J connectivity index is 1.85. The van der Waals surface area contributed by atoms with Crippen LogP contribution < -0.4 is 19.1 Å². The van der Waals surface area contributed by atoms with Crippen LogP contribution in [0.5, 0.6) is 11.5 Å².